The lowest BCUT2D eigenvalue weighted by Gasteiger charge is -2.15. The van der Waals surface area contributed by atoms with Crippen LogP contribution in [0.15, 0.2) is 12.3 Å². The zero-order valence-corrected chi connectivity index (χ0v) is 7.52. The van der Waals surface area contributed by atoms with Crippen molar-refractivity contribution in [1.29, 1.82) is 0 Å². The van der Waals surface area contributed by atoms with E-state index in [2.05, 4.69) is 17.2 Å². The second-order valence-corrected chi connectivity index (χ2v) is 3.26. The molecule has 0 aliphatic carbocycles. The van der Waals surface area contributed by atoms with Gasteiger partial charge in [-0.2, -0.15) is 0 Å². The topological polar surface area (TPSA) is 41.1 Å². The number of hydrogen-bond acceptors (Lipinski definition) is 2. The molecule has 1 aliphatic rings. The summed E-state index contributed by atoms with van der Waals surface area (Å²) in [7, 11) is 0. The first-order valence-electron chi connectivity index (χ1n) is 4.40. The number of allylic oxidation sites excluding steroid dienone is 1. The Labute approximate surface area is 73.2 Å². The average molecular weight is 168 g/mol. The van der Waals surface area contributed by atoms with Gasteiger partial charge in [-0.1, -0.05) is 6.58 Å². The van der Waals surface area contributed by atoms with Gasteiger partial charge in [0.05, 0.1) is 0 Å². The Kier molecular flexibility index (Phi) is 3.14. The van der Waals surface area contributed by atoms with Crippen LogP contribution in [0, 0.1) is 0 Å². The normalized spacial score (nSPS) is 24.1. The molecule has 1 atom stereocenters. The third-order valence-electron chi connectivity index (χ3n) is 1.96. The summed E-state index contributed by atoms with van der Waals surface area (Å²) in [5.41, 5.74) is 0.858. The molecular formula is C9H16N2O. The van der Waals surface area contributed by atoms with Crippen LogP contribution in [0.4, 0.5) is 0 Å². The molecule has 0 aromatic carbocycles. The van der Waals surface area contributed by atoms with Gasteiger partial charge in [0.15, 0.2) is 0 Å². The molecule has 1 aliphatic heterocycles. The molecule has 0 spiro atoms. The van der Waals surface area contributed by atoms with Crippen LogP contribution in [0.5, 0.6) is 0 Å². The first kappa shape index (κ1) is 9.10. The Balaban J connectivity index is 2.47. The second-order valence-electron chi connectivity index (χ2n) is 3.26. The van der Waals surface area contributed by atoms with Gasteiger partial charge in [-0.15, -0.1) is 0 Å². The first-order chi connectivity index (χ1) is 5.70. The molecule has 0 saturated carbocycles. The van der Waals surface area contributed by atoms with E-state index in [9.17, 15) is 4.79 Å². The third kappa shape index (κ3) is 2.57. The van der Waals surface area contributed by atoms with E-state index >= 15 is 0 Å². The molecule has 1 saturated heterocycles. The maximum atomic E-state index is 11.3. The van der Waals surface area contributed by atoms with Crippen LogP contribution in [-0.4, -0.2) is 18.5 Å². The predicted octanol–water partition coefficient (Wildman–Crippen LogP) is 0.778. The fourth-order valence-corrected chi connectivity index (χ4v) is 1.37. The highest BCUT2D eigenvalue weighted by atomic mass is 16.2. The quantitative estimate of drug-likeness (QED) is 0.639. The minimum atomic E-state index is -0.0648. The van der Waals surface area contributed by atoms with Crippen molar-refractivity contribution < 1.29 is 4.79 Å². The maximum Gasteiger partial charge on any atom is 0.242 e. The highest BCUT2D eigenvalue weighted by molar-refractivity contribution is 5.82. The zero-order chi connectivity index (χ0) is 8.97. The summed E-state index contributed by atoms with van der Waals surface area (Å²) in [6.07, 6.45) is 3.10. The maximum absolute atomic E-state index is 11.3. The zero-order valence-electron chi connectivity index (χ0n) is 7.52. The number of rotatable bonds is 2. The average Bonchev–Trinajstić information content (AvgIpc) is 2.16. The first-order valence-corrected chi connectivity index (χ1v) is 4.40. The van der Waals surface area contributed by atoms with Gasteiger partial charge in [-0.25, -0.2) is 0 Å². The molecule has 0 radical (unpaired) electrons. The molecule has 2 N–H and O–H groups in total. The Bertz CT molecular complexity index is 189. The van der Waals surface area contributed by atoms with Gasteiger partial charge >= 0.3 is 0 Å². The molecule has 0 bridgehead atoms. The van der Waals surface area contributed by atoms with E-state index in [4.69, 9.17) is 0 Å². The second kappa shape index (κ2) is 4.14. The molecule has 68 valence electrons. The van der Waals surface area contributed by atoms with Gasteiger partial charge < -0.3 is 10.6 Å². The molecule has 1 rings (SSSR count). The molecule has 3 nitrogen and oxygen atoms in total. The van der Waals surface area contributed by atoms with Gasteiger partial charge in [0.2, 0.25) is 5.91 Å². The summed E-state index contributed by atoms with van der Waals surface area (Å²) in [6.45, 7) is 6.41. The summed E-state index contributed by atoms with van der Waals surface area (Å²) in [5.74, 6) is 0.107. The van der Waals surface area contributed by atoms with Crippen molar-refractivity contribution >= 4 is 5.91 Å². The monoisotopic (exact) mass is 168 g/mol. The molecule has 1 amide bonds. The summed E-state index contributed by atoms with van der Waals surface area (Å²) in [4.78, 5) is 11.3. The minimum absolute atomic E-state index is 0.0648. The number of hydrogen-bond donors (Lipinski definition) is 2. The fourth-order valence-electron chi connectivity index (χ4n) is 1.37. The minimum Gasteiger partial charge on any atom is -0.378 e. The predicted molar refractivity (Wildman–Crippen MR) is 48.6 cm³/mol. The highest BCUT2D eigenvalue weighted by Gasteiger charge is 2.19. The molecule has 3 heteroatoms. The molecule has 1 heterocycles. The highest BCUT2D eigenvalue weighted by Crippen LogP contribution is 2.06. The van der Waals surface area contributed by atoms with Gasteiger partial charge in [-0.05, 0) is 26.2 Å². The van der Waals surface area contributed by atoms with Crippen LogP contribution >= 0.6 is 0 Å². The molecule has 0 aromatic heterocycles. The van der Waals surface area contributed by atoms with E-state index in [1.54, 1.807) is 0 Å². The molecule has 1 unspecified atom stereocenters. The van der Waals surface area contributed by atoms with E-state index in [1.165, 1.54) is 0 Å². The third-order valence-corrected chi connectivity index (χ3v) is 1.96. The summed E-state index contributed by atoms with van der Waals surface area (Å²) in [6, 6.07) is -0.0648. The van der Waals surface area contributed by atoms with Crippen molar-refractivity contribution in [3.05, 3.63) is 12.3 Å². The smallest absolute Gasteiger partial charge is 0.242 e. The lowest BCUT2D eigenvalue weighted by molar-refractivity contribution is -0.122. The van der Waals surface area contributed by atoms with E-state index in [-0.39, 0.29) is 11.9 Å². The summed E-state index contributed by atoms with van der Waals surface area (Å²) >= 11 is 0. The van der Waals surface area contributed by atoms with Crippen LogP contribution in [0.2, 0.25) is 0 Å². The Morgan fingerprint density at radius 1 is 1.67 bits per heavy atom. The van der Waals surface area contributed by atoms with Gasteiger partial charge in [-0.3, -0.25) is 4.79 Å². The number of amides is 1. The molecular weight excluding hydrogens is 152 g/mol. The van der Waals surface area contributed by atoms with Crippen molar-refractivity contribution in [2.45, 2.75) is 32.2 Å². The van der Waals surface area contributed by atoms with Crippen LogP contribution in [0.3, 0.4) is 0 Å². The summed E-state index contributed by atoms with van der Waals surface area (Å²) < 4.78 is 0. The Hall–Kier alpha value is -0.990. The van der Waals surface area contributed by atoms with E-state index in [0.29, 0.717) is 0 Å². The van der Waals surface area contributed by atoms with Crippen molar-refractivity contribution in [1.82, 2.24) is 10.6 Å². The van der Waals surface area contributed by atoms with Gasteiger partial charge in [0.25, 0.3) is 0 Å². The largest absolute Gasteiger partial charge is 0.378 e. The number of carbonyl (C=O) groups excluding carboxylic acids is 1. The number of nitrogens with one attached hydrogen (secondary N) is 2. The summed E-state index contributed by atoms with van der Waals surface area (Å²) in [5, 5.41) is 5.92. The van der Waals surface area contributed by atoms with E-state index < -0.39 is 0 Å². The van der Waals surface area contributed by atoms with Crippen LogP contribution in [0.1, 0.15) is 26.2 Å². The van der Waals surface area contributed by atoms with Crippen molar-refractivity contribution in [3.63, 3.8) is 0 Å². The Morgan fingerprint density at radius 2 is 2.42 bits per heavy atom. The molecule has 1 fully saturated rings. The van der Waals surface area contributed by atoms with E-state index in [1.807, 2.05) is 6.92 Å². The van der Waals surface area contributed by atoms with Crippen LogP contribution in [0.25, 0.3) is 0 Å². The van der Waals surface area contributed by atoms with Gasteiger partial charge in [0, 0.05) is 12.2 Å². The van der Waals surface area contributed by atoms with E-state index in [0.717, 1.165) is 31.5 Å². The van der Waals surface area contributed by atoms with Crippen LogP contribution < -0.4 is 10.6 Å². The van der Waals surface area contributed by atoms with Crippen molar-refractivity contribution in [2.75, 3.05) is 6.54 Å². The number of carbonyl (C=O) groups is 1. The molecule has 0 aromatic rings. The lowest BCUT2D eigenvalue weighted by atomic mass is 10.1. The Morgan fingerprint density at radius 3 is 3.08 bits per heavy atom. The lowest BCUT2D eigenvalue weighted by Crippen LogP contribution is -2.41. The SMILES string of the molecule is C=C(C)NC1CCCCNC1=O. The van der Waals surface area contributed by atoms with Crippen molar-refractivity contribution in [2.24, 2.45) is 0 Å². The van der Waals surface area contributed by atoms with Gasteiger partial charge in [0.1, 0.15) is 6.04 Å². The fraction of sp³-hybridized carbons (Fsp3) is 0.667. The van der Waals surface area contributed by atoms with Crippen LogP contribution in [-0.2, 0) is 4.79 Å². The standard InChI is InChI=1S/C9H16N2O/c1-7(2)11-8-5-3-4-6-10-9(8)12/h8,11H,1,3-6H2,2H3,(H,10,12). The molecule has 12 heavy (non-hydrogen) atoms. The van der Waals surface area contributed by atoms with Crippen molar-refractivity contribution in [3.8, 4) is 0 Å².